The molecule has 1 aromatic carbocycles. The predicted octanol–water partition coefficient (Wildman–Crippen LogP) is 1.12. The summed E-state index contributed by atoms with van der Waals surface area (Å²) < 4.78 is 1.10. The van der Waals surface area contributed by atoms with Gasteiger partial charge in [0.25, 0.3) is 0 Å². The molecule has 1 fully saturated rings. The third-order valence-electron chi connectivity index (χ3n) is 2.95. The number of aliphatic hydroxyl groups is 1. The summed E-state index contributed by atoms with van der Waals surface area (Å²) in [6.07, 6.45) is -0.197. The van der Waals surface area contributed by atoms with E-state index in [1.807, 2.05) is 12.1 Å². The zero-order valence-corrected chi connectivity index (χ0v) is 10.7. The molecular formula is C12H17BrN2O. The van der Waals surface area contributed by atoms with Crippen molar-refractivity contribution in [3.8, 4) is 0 Å². The number of hydrogen-bond donors (Lipinski definition) is 3. The molecule has 0 spiro atoms. The Labute approximate surface area is 104 Å². The van der Waals surface area contributed by atoms with E-state index in [0.717, 1.165) is 30.7 Å². The third-order valence-corrected chi connectivity index (χ3v) is 3.48. The lowest BCUT2D eigenvalue weighted by Crippen LogP contribution is -2.30. The van der Waals surface area contributed by atoms with Crippen molar-refractivity contribution in [1.82, 2.24) is 10.6 Å². The van der Waals surface area contributed by atoms with Crippen molar-refractivity contribution >= 4 is 15.9 Å². The van der Waals surface area contributed by atoms with E-state index < -0.39 is 0 Å². The molecule has 1 heterocycles. The molecular weight excluding hydrogens is 268 g/mol. The van der Waals surface area contributed by atoms with Gasteiger partial charge in [0.1, 0.15) is 0 Å². The van der Waals surface area contributed by atoms with Gasteiger partial charge in [-0.1, -0.05) is 28.1 Å². The fourth-order valence-corrected chi connectivity index (χ4v) is 2.20. The molecule has 2 unspecified atom stereocenters. The van der Waals surface area contributed by atoms with Crippen molar-refractivity contribution in [3.63, 3.8) is 0 Å². The molecule has 1 aliphatic heterocycles. The zero-order chi connectivity index (χ0) is 11.4. The third kappa shape index (κ3) is 3.28. The van der Waals surface area contributed by atoms with Crippen molar-refractivity contribution in [3.05, 3.63) is 34.3 Å². The maximum Gasteiger partial charge on any atom is 0.0716 e. The Balaban J connectivity index is 1.73. The predicted molar refractivity (Wildman–Crippen MR) is 68.2 cm³/mol. The van der Waals surface area contributed by atoms with Crippen LogP contribution in [-0.4, -0.2) is 30.8 Å². The van der Waals surface area contributed by atoms with Gasteiger partial charge in [0.05, 0.1) is 6.10 Å². The summed E-state index contributed by atoms with van der Waals surface area (Å²) in [7, 11) is 0. The van der Waals surface area contributed by atoms with Crippen LogP contribution in [0.4, 0.5) is 0 Å². The van der Waals surface area contributed by atoms with Crippen LogP contribution in [0.1, 0.15) is 5.56 Å². The van der Waals surface area contributed by atoms with Crippen molar-refractivity contribution in [2.45, 2.75) is 12.6 Å². The van der Waals surface area contributed by atoms with E-state index in [-0.39, 0.29) is 6.10 Å². The second kappa shape index (κ2) is 5.77. The van der Waals surface area contributed by atoms with Gasteiger partial charge in [0.2, 0.25) is 0 Å². The minimum absolute atomic E-state index is 0.197. The van der Waals surface area contributed by atoms with Gasteiger partial charge in [-0.25, -0.2) is 0 Å². The number of halogens is 1. The second-order valence-electron chi connectivity index (χ2n) is 4.24. The van der Waals surface area contributed by atoms with E-state index in [9.17, 15) is 5.11 Å². The highest BCUT2D eigenvalue weighted by molar-refractivity contribution is 9.10. The Hall–Kier alpha value is -0.420. The van der Waals surface area contributed by atoms with E-state index in [4.69, 9.17) is 0 Å². The van der Waals surface area contributed by atoms with Crippen LogP contribution < -0.4 is 10.6 Å². The van der Waals surface area contributed by atoms with Crippen LogP contribution in [0, 0.1) is 5.92 Å². The molecule has 1 saturated heterocycles. The fraction of sp³-hybridized carbons (Fsp3) is 0.500. The molecule has 1 aliphatic rings. The Morgan fingerprint density at radius 2 is 2.06 bits per heavy atom. The smallest absolute Gasteiger partial charge is 0.0716 e. The van der Waals surface area contributed by atoms with Gasteiger partial charge >= 0.3 is 0 Å². The number of rotatable bonds is 4. The molecule has 2 atom stereocenters. The number of β-amino-alcohol motifs (C(OH)–C–C–N with tert-alkyl or cyclic N) is 1. The molecule has 4 heteroatoms. The molecule has 88 valence electrons. The molecule has 1 aromatic rings. The van der Waals surface area contributed by atoms with Crippen molar-refractivity contribution in [2.75, 3.05) is 19.6 Å². The SMILES string of the molecule is OC1CNCC1CNCc1ccc(Br)cc1. The molecule has 2 rings (SSSR count). The summed E-state index contributed by atoms with van der Waals surface area (Å²) in [4.78, 5) is 0. The molecule has 0 aromatic heterocycles. The van der Waals surface area contributed by atoms with Crippen LogP contribution in [-0.2, 0) is 6.54 Å². The molecule has 0 saturated carbocycles. The van der Waals surface area contributed by atoms with Crippen LogP contribution in [0.3, 0.4) is 0 Å². The summed E-state index contributed by atoms with van der Waals surface area (Å²) >= 11 is 3.41. The lowest BCUT2D eigenvalue weighted by molar-refractivity contribution is 0.146. The van der Waals surface area contributed by atoms with E-state index in [2.05, 4.69) is 38.7 Å². The number of hydrogen-bond acceptors (Lipinski definition) is 3. The summed E-state index contributed by atoms with van der Waals surface area (Å²) in [6, 6.07) is 8.28. The van der Waals surface area contributed by atoms with Gasteiger partial charge in [-0.05, 0) is 17.7 Å². The standard InChI is InChI=1S/C12H17BrN2O/c13-11-3-1-9(2-4-11)5-14-6-10-7-15-8-12(10)16/h1-4,10,12,14-16H,5-8H2. The van der Waals surface area contributed by atoms with Crippen molar-refractivity contribution in [1.29, 1.82) is 0 Å². The summed E-state index contributed by atoms with van der Waals surface area (Å²) in [6.45, 7) is 3.36. The van der Waals surface area contributed by atoms with Crippen LogP contribution >= 0.6 is 15.9 Å². The molecule has 0 aliphatic carbocycles. The molecule has 3 N–H and O–H groups in total. The van der Waals surface area contributed by atoms with Gasteiger partial charge in [0, 0.05) is 36.6 Å². The van der Waals surface area contributed by atoms with Crippen LogP contribution in [0.2, 0.25) is 0 Å². The lowest BCUT2D eigenvalue weighted by atomic mass is 10.1. The maximum atomic E-state index is 9.61. The highest BCUT2D eigenvalue weighted by Crippen LogP contribution is 2.11. The summed E-state index contributed by atoms with van der Waals surface area (Å²) in [5.74, 6) is 0.343. The first-order valence-corrected chi connectivity index (χ1v) is 6.39. The Bertz CT molecular complexity index is 328. The van der Waals surface area contributed by atoms with Crippen LogP contribution in [0.25, 0.3) is 0 Å². The highest BCUT2D eigenvalue weighted by atomic mass is 79.9. The maximum absolute atomic E-state index is 9.61. The van der Waals surface area contributed by atoms with Gasteiger partial charge < -0.3 is 15.7 Å². The van der Waals surface area contributed by atoms with Gasteiger partial charge in [-0.15, -0.1) is 0 Å². The quantitative estimate of drug-likeness (QED) is 0.777. The topological polar surface area (TPSA) is 44.3 Å². The van der Waals surface area contributed by atoms with Crippen molar-refractivity contribution < 1.29 is 5.11 Å². The molecule has 0 bridgehead atoms. The lowest BCUT2D eigenvalue weighted by Gasteiger charge is -2.14. The second-order valence-corrected chi connectivity index (χ2v) is 5.16. The number of nitrogens with one attached hydrogen (secondary N) is 2. The fourth-order valence-electron chi connectivity index (χ4n) is 1.93. The Morgan fingerprint density at radius 3 is 2.69 bits per heavy atom. The number of aliphatic hydroxyl groups excluding tert-OH is 1. The largest absolute Gasteiger partial charge is 0.391 e. The zero-order valence-electron chi connectivity index (χ0n) is 9.12. The normalized spacial score (nSPS) is 24.9. The Morgan fingerprint density at radius 1 is 1.31 bits per heavy atom. The average molecular weight is 285 g/mol. The minimum atomic E-state index is -0.197. The van der Waals surface area contributed by atoms with E-state index in [1.165, 1.54) is 5.56 Å². The minimum Gasteiger partial charge on any atom is -0.391 e. The molecule has 0 radical (unpaired) electrons. The molecule has 0 amide bonds. The van der Waals surface area contributed by atoms with E-state index >= 15 is 0 Å². The summed E-state index contributed by atoms with van der Waals surface area (Å²) in [5, 5.41) is 16.2. The highest BCUT2D eigenvalue weighted by Gasteiger charge is 2.23. The van der Waals surface area contributed by atoms with Gasteiger partial charge in [-0.2, -0.15) is 0 Å². The van der Waals surface area contributed by atoms with Crippen LogP contribution in [0.5, 0.6) is 0 Å². The average Bonchev–Trinajstić information content (AvgIpc) is 2.68. The van der Waals surface area contributed by atoms with E-state index in [1.54, 1.807) is 0 Å². The van der Waals surface area contributed by atoms with Crippen LogP contribution in [0.15, 0.2) is 28.7 Å². The number of benzene rings is 1. The van der Waals surface area contributed by atoms with E-state index in [0.29, 0.717) is 5.92 Å². The Kier molecular flexibility index (Phi) is 4.35. The molecule has 16 heavy (non-hydrogen) atoms. The molecule has 3 nitrogen and oxygen atoms in total. The first-order valence-electron chi connectivity index (χ1n) is 5.59. The van der Waals surface area contributed by atoms with Gasteiger partial charge in [0.15, 0.2) is 0 Å². The summed E-state index contributed by atoms with van der Waals surface area (Å²) in [5.41, 5.74) is 1.27. The monoisotopic (exact) mass is 284 g/mol. The van der Waals surface area contributed by atoms with Gasteiger partial charge in [-0.3, -0.25) is 0 Å². The van der Waals surface area contributed by atoms with Crippen molar-refractivity contribution in [2.24, 2.45) is 5.92 Å². The first-order chi connectivity index (χ1) is 7.75. The first kappa shape index (κ1) is 12.0.